The fraction of sp³-hybridized carbons (Fsp3) is 1.00. The van der Waals surface area contributed by atoms with E-state index in [0.717, 1.165) is 51.2 Å². The van der Waals surface area contributed by atoms with Gasteiger partial charge in [-0.05, 0) is 19.3 Å². The van der Waals surface area contributed by atoms with E-state index in [1.165, 1.54) is 12.8 Å². The molecule has 0 amide bonds. The molecule has 1 heterocycles. The van der Waals surface area contributed by atoms with Crippen molar-refractivity contribution >= 4 is 15.9 Å². The van der Waals surface area contributed by atoms with E-state index in [0.29, 0.717) is 6.10 Å². The van der Waals surface area contributed by atoms with E-state index < -0.39 is 0 Å². The smallest absolute Gasteiger partial charge is 0.0599 e. The van der Waals surface area contributed by atoms with Crippen LogP contribution in [0.2, 0.25) is 0 Å². The van der Waals surface area contributed by atoms with E-state index in [4.69, 9.17) is 9.47 Å². The Hall–Kier alpha value is 0.360. The van der Waals surface area contributed by atoms with E-state index in [2.05, 4.69) is 27.8 Å². The van der Waals surface area contributed by atoms with Crippen molar-refractivity contribution in [1.29, 1.82) is 0 Å². The zero-order valence-electron chi connectivity index (χ0n) is 10.3. The summed E-state index contributed by atoms with van der Waals surface area (Å²) in [6.07, 6.45) is 3.93. The first-order valence-electron chi connectivity index (χ1n) is 6.34. The molecule has 1 rings (SSSR count). The number of rotatable bonds is 8. The van der Waals surface area contributed by atoms with Gasteiger partial charge in [0.2, 0.25) is 0 Å². The quantitative estimate of drug-likeness (QED) is 0.506. The number of ether oxygens (including phenoxy) is 2. The molecule has 1 fully saturated rings. The van der Waals surface area contributed by atoms with Gasteiger partial charge in [0.15, 0.2) is 0 Å². The predicted molar refractivity (Wildman–Crippen MR) is 70.3 cm³/mol. The highest BCUT2D eigenvalue weighted by Crippen LogP contribution is 2.13. The van der Waals surface area contributed by atoms with Gasteiger partial charge in [-0.2, -0.15) is 0 Å². The van der Waals surface area contributed by atoms with Crippen LogP contribution in [0.3, 0.4) is 0 Å². The predicted octanol–water partition coefficient (Wildman–Crippen LogP) is 2.29. The first kappa shape index (κ1) is 14.4. The van der Waals surface area contributed by atoms with Gasteiger partial charge in [0, 0.05) is 31.6 Å². The number of piperidine rings is 1. The highest BCUT2D eigenvalue weighted by atomic mass is 79.9. The number of alkyl halides is 1. The minimum atomic E-state index is 0.477. The zero-order chi connectivity index (χ0) is 11.6. The molecule has 1 aliphatic heterocycles. The van der Waals surface area contributed by atoms with E-state index in [1.807, 2.05) is 0 Å². The van der Waals surface area contributed by atoms with Crippen LogP contribution in [0.25, 0.3) is 0 Å². The number of halogens is 1. The van der Waals surface area contributed by atoms with Crippen molar-refractivity contribution in [2.45, 2.75) is 32.3 Å². The Labute approximate surface area is 108 Å². The third-order valence-corrected chi connectivity index (χ3v) is 3.19. The third kappa shape index (κ3) is 6.18. The molecule has 3 nitrogen and oxygen atoms in total. The Kier molecular flexibility index (Phi) is 8.47. The summed E-state index contributed by atoms with van der Waals surface area (Å²) in [7, 11) is 0. The number of nitrogens with zero attached hydrogens (tertiary/aromatic N) is 1. The number of likely N-dealkylation sites (tertiary alicyclic amines) is 1. The van der Waals surface area contributed by atoms with Crippen LogP contribution in [-0.2, 0) is 9.47 Å². The summed E-state index contributed by atoms with van der Waals surface area (Å²) in [5, 5.41) is 0.943. The molecule has 0 radical (unpaired) electrons. The summed E-state index contributed by atoms with van der Waals surface area (Å²) in [4.78, 5) is 2.48. The maximum Gasteiger partial charge on any atom is 0.0599 e. The standard InChI is InChI=1S/C12H24BrNO2/c1-2-9-15-11-8-14-6-3-12(4-7-14)16-10-5-13/h12H,2-11H2,1H3. The third-order valence-electron chi connectivity index (χ3n) is 2.87. The fourth-order valence-corrected chi connectivity index (χ4v) is 2.14. The maximum absolute atomic E-state index is 5.72. The molecule has 0 aromatic carbocycles. The summed E-state index contributed by atoms with van der Waals surface area (Å²) in [6.45, 7) is 8.14. The van der Waals surface area contributed by atoms with Crippen molar-refractivity contribution in [3.8, 4) is 0 Å². The molecule has 16 heavy (non-hydrogen) atoms. The largest absolute Gasteiger partial charge is 0.380 e. The molecule has 0 atom stereocenters. The number of hydrogen-bond donors (Lipinski definition) is 0. The maximum atomic E-state index is 5.72. The van der Waals surface area contributed by atoms with Crippen molar-refractivity contribution in [3.05, 3.63) is 0 Å². The molecule has 0 spiro atoms. The molecule has 0 saturated carbocycles. The van der Waals surface area contributed by atoms with Crippen LogP contribution < -0.4 is 0 Å². The minimum Gasteiger partial charge on any atom is -0.380 e. The Balaban J connectivity index is 1.98. The van der Waals surface area contributed by atoms with Crippen LogP contribution in [-0.4, -0.2) is 55.8 Å². The summed E-state index contributed by atoms with van der Waals surface area (Å²) >= 11 is 3.39. The molecule has 0 aliphatic carbocycles. The van der Waals surface area contributed by atoms with Crippen LogP contribution in [0.5, 0.6) is 0 Å². The first-order chi connectivity index (χ1) is 7.86. The van der Waals surface area contributed by atoms with E-state index in [9.17, 15) is 0 Å². The molecule has 0 N–H and O–H groups in total. The summed E-state index contributed by atoms with van der Waals surface area (Å²) in [5.41, 5.74) is 0. The summed E-state index contributed by atoms with van der Waals surface area (Å²) in [6, 6.07) is 0. The minimum absolute atomic E-state index is 0.477. The van der Waals surface area contributed by atoms with Crippen molar-refractivity contribution in [1.82, 2.24) is 4.90 Å². The van der Waals surface area contributed by atoms with Crippen LogP contribution >= 0.6 is 15.9 Å². The second kappa shape index (κ2) is 9.40. The Bertz CT molecular complexity index is 161. The van der Waals surface area contributed by atoms with Gasteiger partial charge in [-0.1, -0.05) is 22.9 Å². The Morgan fingerprint density at radius 3 is 2.56 bits per heavy atom. The molecule has 1 aliphatic rings. The van der Waals surface area contributed by atoms with Crippen molar-refractivity contribution < 1.29 is 9.47 Å². The highest BCUT2D eigenvalue weighted by molar-refractivity contribution is 9.09. The normalized spacial score (nSPS) is 19.1. The van der Waals surface area contributed by atoms with Gasteiger partial charge in [-0.15, -0.1) is 0 Å². The van der Waals surface area contributed by atoms with Gasteiger partial charge >= 0.3 is 0 Å². The van der Waals surface area contributed by atoms with Gasteiger partial charge in [0.1, 0.15) is 0 Å². The molecule has 4 heteroatoms. The Morgan fingerprint density at radius 2 is 1.94 bits per heavy atom. The summed E-state index contributed by atoms with van der Waals surface area (Å²) in [5.74, 6) is 0. The lowest BCUT2D eigenvalue weighted by atomic mass is 10.1. The van der Waals surface area contributed by atoms with Gasteiger partial charge in [-0.3, -0.25) is 0 Å². The molecule has 0 aromatic rings. The molecule has 1 saturated heterocycles. The van der Waals surface area contributed by atoms with Crippen molar-refractivity contribution in [3.63, 3.8) is 0 Å². The van der Waals surface area contributed by atoms with Crippen LogP contribution in [0, 0.1) is 0 Å². The highest BCUT2D eigenvalue weighted by Gasteiger charge is 2.18. The molecule has 0 unspecified atom stereocenters. The zero-order valence-corrected chi connectivity index (χ0v) is 11.9. The van der Waals surface area contributed by atoms with Crippen LogP contribution in [0.15, 0.2) is 0 Å². The molecular formula is C12H24BrNO2. The molecular weight excluding hydrogens is 270 g/mol. The lowest BCUT2D eigenvalue weighted by Crippen LogP contribution is -2.39. The fourth-order valence-electron chi connectivity index (χ4n) is 1.95. The monoisotopic (exact) mass is 293 g/mol. The van der Waals surface area contributed by atoms with Gasteiger partial charge in [0.05, 0.1) is 19.3 Å². The summed E-state index contributed by atoms with van der Waals surface area (Å²) < 4.78 is 11.2. The van der Waals surface area contributed by atoms with Crippen LogP contribution in [0.1, 0.15) is 26.2 Å². The average molecular weight is 294 g/mol. The van der Waals surface area contributed by atoms with E-state index in [-0.39, 0.29) is 0 Å². The molecule has 0 bridgehead atoms. The molecule has 96 valence electrons. The van der Waals surface area contributed by atoms with Crippen LogP contribution in [0.4, 0.5) is 0 Å². The first-order valence-corrected chi connectivity index (χ1v) is 7.46. The average Bonchev–Trinajstić information content (AvgIpc) is 2.33. The van der Waals surface area contributed by atoms with Gasteiger partial charge in [0.25, 0.3) is 0 Å². The SMILES string of the molecule is CCCOCCN1CCC(OCCBr)CC1. The second-order valence-electron chi connectivity index (χ2n) is 4.21. The van der Waals surface area contributed by atoms with Gasteiger partial charge < -0.3 is 14.4 Å². The second-order valence-corrected chi connectivity index (χ2v) is 5.01. The lowest BCUT2D eigenvalue weighted by Gasteiger charge is -2.31. The molecule has 0 aromatic heterocycles. The van der Waals surface area contributed by atoms with Crippen molar-refractivity contribution in [2.75, 3.05) is 44.8 Å². The number of hydrogen-bond acceptors (Lipinski definition) is 3. The Morgan fingerprint density at radius 1 is 1.19 bits per heavy atom. The van der Waals surface area contributed by atoms with Crippen molar-refractivity contribution in [2.24, 2.45) is 0 Å². The lowest BCUT2D eigenvalue weighted by molar-refractivity contribution is 0.00828. The van der Waals surface area contributed by atoms with Gasteiger partial charge in [-0.25, -0.2) is 0 Å². The van der Waals surface area contributed by atoms with E-state index in [1.54, 1.807) is 0 Å². The topological polar surface area (TPSA) is 21.7 Å². The van der Waals surface area contributed by atoms with E-state index >= 15 is 0 Å².